The van der Waals surface area contributed by atoms with E-state index in [1.807, 2.05) is 40.0 Å². The maximum Gasteiger partial charge on any atom is 0.322 e. The minimum absolute atomic E-state index is 0.111. The van der Waals surface area contributed by atoms with E-state index in [0.717, 1.165) is 41.3 Å². The van der Waals surface area contributed by atoms with Gasteiger partial charge in [-0.05, 0) is 48.9 Å². The van der Waals surface area contributed by atoms with Crippen LogP contribution < -0.4 is 15.0 Å². The molecule has 0 saturated carbocycles. The molecule has 3 aromatic carbocycles. The zero-order valence-electron chi connectivity index (χ0n) is 22.1. The third-order valence-corrected chi connectivity index (χ3v) is 7.16. The Balaban J connectivity index is 1.08. The fourth-order valence-corrected chi connectivity index (χ4v) is 4.91. The number of fused-ring (bicyclic) bond motifs is 1. The van der Waals surface area contributed by atoms with Crippen molar-refractivity contribution in [1.29, 1.82) is 0 Å². The Morgan fingerprint density at radius 3 is 2.46 bits per heavy atom. The molecule has 39 heavy (non-hydrogen) atoms. The first-order chi connectivity index (χ1) is 19.1. The lowest BCUT2D eigenvalue weighted by atomic mass is 10.1. The molecule has 2 N–H and O–H groups in total. The number of para-hydroxylation sites is 2. The Morgan fingerprint density at radius 1 is 0.974 bits per heavy atom. The van der Waals surface area contributed by atoms with E-state index in [1.165, 1.54) is 11.1 Å². The quantitative estimate of drug-likeness (QED) is 0.323. The van der Waals surface area contributed by atoms with Crippen molar-refractivity contribution >= 4 is 28.6 Å². The Morgan fingerprint density at radius 2 is 1.72 bits per heavy atom. The minimum atomic E-state index is -0.111. The molecule has 6 rings (SSSR count). The molecule has 0 spiro atoms. The van der Waals surface area contributed by atoms with E-state index in [4.69, 9.17) is 9.72 Å². The van der Waals surface area contributed by atoms with E-state index in [2.05, 4.69) is 75.8 Å². The molecule has 1 aliphatic rings. The Hall–Kier alpha value is -4.79. The number of carbonyl (C=O) groups is 1. The number of H-pyrrole nitrogens is 1. The van der Waals surface area contributed by atoms with Crippen LogP contribution in [0, 0.1) is 6.92 Å². The molecule has 0 unspecified atom stereocenters. The molecular weight excluding hydrogens is 490 g/mol. The van der Waals surface area contributed by atoms with Gasteiger partial charge in [0.25, 0.3) is 0 Å². The number of carbonyl (C=O) groups excluding carboxylic acids is 1. The van der Waals surface area contributed by atoms with Gasteiger partial charge in [-0.25, -0.2) is 14.5 Å². The Kier molecular flexibility index (Phi) is 6.62. The topological polar surface area (TPSA) is 91.3 Å². The lowest BCUT2D eigenvalue weighted by molar-refractivity contribution is 0.208. The number of methoxy groups -OCH3 is 1. The number of aromatic amines is 1. The van der Waals surface area contributed by atoms with Gasteiger partial charge in [0.1, 0.15) is 17.1 Å². The molecule has 0 aliphatic carbocycles. The molecule has 1 aliphatic heterocycles. The predicted molar refractivity (Wildman–Crippen MR) is 153 cm³/mol. The van der Waals surface area contributed by atoms with Crippen LogP contribution in [0.2, 0.25) is 0 Å². The number of benzene rings is 3. The van der Waals surface area contributed by atoms with E-state index in [0.29, 0.717) is 31.1 Å². The van der Waals surface area contributed by atoms with Crippen LogP contribution in [0.25, 0.3) is 22.6 Å². The standard InChI is InChI=1S/C30H31N7O2/c1-21-7-9-22(10-8-21)20-37-29-26(19-31-37)32-28(34-29)23-11-13-24(14-12-23)35-15-17-36(18-16-35)30(38)33-25-5-3-4-6-27(25)39-2/h3-14,19H,15-18,20H2,1-2H3,(H,32,34)(H,33,38). The average Bonchev–Trinajstić information content (AvgIpc) is 3.57. The number of ether oxygens (including phenoxy) is 1. The van der Waals surface area contributed by atoms with Crippen molar-refractivity contribution in [3.8, 4) is 17.1 Å². The molecule has 2 aromatic heterocycles. The number of urea groups is 1. The Bertz CT molecular complexity index is 1580. The predicted octanol–water partition coefficient (Wildman–Crippen LogP) is 5.15. The number of piperazine rings is 1. The van der Waals surface area contributed by atoms with Crippen molar-refractivity contribution in [2.24, 2.45) is 0 Å². The van der Waals surface area contributed by atoms with Crippen LogP contribution in [0.4, 0.5) is 16.2 Å². The molecule has 0 radical (unpaired) electrons. The van der Waals surface area contributed by atoms with E-state index in [-0.39, 0.29) is 6.03 Å². The summed E-state index contributed by atoms with van der Waals surface area (Å²) in [5.41, 5.74) is 7.03. The van der Waals surface area contributed by atoms with Gasteiger partial charge < -0.3 is 24.8 Å². The number of amides is 2. The van der Waals surface area contributed by atoms with Crippen molar-refractivity contribution in [2.75, 3.05) is 43.5 Å². The second-order valence-electron chi connectivity index (χ2n) is 9.76. The highest BCUT2D eigenvalue weighted by Gasteiger charge is 2.22. The molecule has 9 nitrogen and oxygen atoms in total. The molecule has 198 valence electrons. The van der Waals surface area contributed by atoms with Gasteiger partial charge in [-0.1, -0.05) is 42.0 Å². The van der Waals surface area contributed by atoms with Crippen LogP contribution in [-0.4, -0.2) is 64.0 Å². The molecule has 2 amide bonds. The van der Waals surface area contributed by atoms with Gasteiger partial charge in [0.05, 0.1) is 25.5 Å². The third-order valence-electron chi connectivity index (χ3n) is 7.16. The summed E-state index contributed by atoms with van der Waals surface area (Å²) in [7, 11) is 1.60. The van der Waals surface area contributed by atoms with Gasteiger partial charge in [-0.15, -0.1) is 0 Å². The molecule has 0 atom stereocenters. The average molecular weight is 522 g/mol. The van der Waals surface area contributed by atoms with Gasteiger partial charge in [0.15, 0.2) is 5.65 Å². The highest BCUT2D eigenvalue weighted by atomic mass is 16.5. The molecule has 0 bridgehead atoms. The Labute approximate surface area is 227 Å². The number of imidazole rings is 1. The molecule has 3 heterocycles. The highest BCUT2D eigenvalue weighted by molar-refractivity contribution is 5.91. The smallest absolute Gasteiger partial charge is 0.322 e. The number of aryl methyl sites for hydroxylation is 1. The van der Waals surface area contributed by atoms with Crippen LogP contribution in [0.15, 0.2) is 79.0 Å². The van der Waals surface area contributed by atoms with E-state index < -0.39 is 0 Å². The molecule has 1 saturated heterocycles. The van der Waals surface area contributed by atoms with Crippen molar-refractivity contribution in [2.45, 2.75) is 13.5 Å². The normalized spacial score (nSPS) is 13.6. The third kappa shape index (κ3) is 5.16. The summed E-state index contributed by atoms with van der Waals surface area (Å²) in [6.45, 7) is 5.57. The van der Waals surface area contributed by atoms with Crippen LogP contribution in [0.5, 0.6) is 5.75 Å². The number of nitrogens with one attached hydrogen (secondary N) is 2. The summed E-state index contributed by atoms with van der Waals surface area (Å²) in [5, 5.41) is 7.48. The first kappa shape index (κ1) is 24.5. The first-order valence-electron chi connectivity index (χ1n) is 13.1. The number of rotatable bonds is 6. The zero-order valence-corrected chi connectivity index (χ0v) is 22.1. The maximum absolute atomic E-state index is 12.8. The van der Waals surface area contributed by atoms with Crippen molar-refractivity contribution < 1.29 is 9.53 Å². The second-order valence-corrected chi connectivity index (χ2v) is 9.76. The van der Waals surface area contributed by atoms with Crippen molar-refractivity contribution in [1.82, 2.24) is 24.6 Å². The van der Waals surface area contributed by atoms with Crippen molar-refractivity contribution in [3.05, 3.63) is 90.1 Å². The summed E-state index contributed by atoms with van der Waals surface area (Å²) in [6.07, 6.45) is 1.83. The van der Waals surface area contributed by atoms with Gasteiger partial charge in [0.2, 0.25) is 0 Å². The molecule has 1 fully saturated rings. The summed E-state index contributed by atoms with van der Waals surface area (Å²) in [5.74, 6) is 1.47. The number of hydrogen-bond donors (Lipinski definition) is 2. The van der Waals surface area contributed by atoms with Gasteiger partial charge >= 0.3 is 6.03 Å². The second kappa shape index (κ2) is 10.5. The fraction of sp³-hybridized carbons (Fsp3) is 0.233. The number of anilines is 2. The molecule has 5 aromatic rings. The van der Waals surface area contributed by atoms with Crippen LogP contribution in [-0.2, 0) is 6.54 Å². The zero-order chi connectivity index (χ0) is 26.8. The number of nitrogens with zero attached hydrogens (tertiary/aromatic N) is 5. The van der Waals surface area contributed by atoms with Gasteiger partial charge in [-0.3, -0.25) is 0 Å². The summed E-state index contributed by atoms with van der Waals surface area (Å²) < 4.78 is 7.27. The lowest BCUT2D eigenvalue weighted by Crippen LogP contribution is -2.50. The summed E-state index contributed by atoms with van der Waals surface area (Å²) in [6, 6.07) is 24.2. The monoisotopic (exact) mass is 521 g/mol. The lowest BCUT2D eigenvalue weighted by Gasteiger charge is -2.36. The van der Waals surface area contributed by atoms with Gasteiger partial charge in [-0.2, -0.15) is 5.10 Å². The van der Waals surface area contributed by atoms with E-state index in [9.17, 15) is 4.79 Å². The van der Waals surface area contributed by atoms with E-state index in [1.54, 1.807) is 7.11 Å². The first-order valence-corrected chi connectivity index (χ1v) is 13.1. The van der Waals surface area contributed by atoms with E-state index >= 15 is 0 Å². The fourth-order valence-electron chi connectivity index (χ4n) is 4.91. The molecular formula is C30H31N7O2. The van der Waals surface area contributed by atoms with Gasteiger partial charge in [0, 0.05) is 37.4 Å². The van der Waals surface area contributed by atoms with Crippen LogP contribution in [0.3, 0.4) is 0 Å². The minimum Gasteiger partial charge on any atom is -0.495 e. The van der Waals surface area contributed by atoms with Crippen molar-refractivity contribution in [3.63, 3.8) is 0 Å². The highest BCUT2D eigenvalue weighted by Crippen LogP contribution is 2.26. The number of hydrogen-bond acceptors (Lipinski definition) is 5. The largest absolute Gasteiger partial charge is 0.495 e. The molecule has 9 heteroatoms. The van der Waals surface area contributed by atoms with Crippen LogP contribution in [0.1, 0.15) is 11.1 Å². The SMILES string of the molecule is COc1ccccc1NC(=O)N1CCN(c2ccc(-c3nc4c(cnn4Cc4ccc(C)cc4)[nH]3)cc2)CC1. The maximum atomic E-state index is 12.8. The summed E-state index contributed by atoms with van der Waals surface area (Å²) >= 11 is 0. The number of aromatic nitrogens is 4. The van der Waals surface area contributed by atoms with Crippen LogP contribution >= 0.6 is 0 Å². The summed E-state index contributed by atoms with van der Waals surface area (Å²) in [4.78, 5) is 25.2.